The van der Waals surface area contributed by atoms with Crippen LogP contribution in [0.25, 0.3) is 0 Å². The maximum absolute atomic E-state index is 14.0. The summed E-state index contributed by atoms with van der Waals surface area (Å²) in [7, 11) is 0. The Morgan fingerprint density at radius 2 is 2.17 bits per heavy atom. The third-order valence-electron chi connectivity index (χ3n) is 5.69. The van der Waals surface area contributed by atoms with Crippen molar-refractivity contribution in [2.45, 2.75) is 31.4 Å². The Morgan fingerprint density at radius 1 is 1.38 bits per heavy atom. The predicted molar refractivity (Wildman–Crippen MR) is 99.3 cm³/mol. The van der Waals surface area contributed by atoms with Gasteiger partial charge in [-0.1, -0.05) is 16.8 Å². The highest BCUT2D eigenvalue weighted by atomic mass is 35.5. The summed E-state index contributed by atoms with van der Waals surface area (Å²) in [6, 6.07) is 5.33. The molecule has 8 nitrogen and oxygen atoms in total. The molecule has 4 rings (SSSR count). The number of nitrogens with two attached hydrogens (primary N) is 1. The maximum Gasteiger partial charge on any atom is 0.407 e. The Labute approximate surface area is 170 Å². The second-order valence-electron chi connectivity index (χ2n) is 7.46. The zero-order valence-corrected chi connectivity index (χ0v) is 16.0. The summed E-state index contributed by atoms with van der Waals surface area (Å²) >= 11 is 5.78. The van der Waals surface area contributed by atoms with Crippen LogP contribution in [0.2, 0.25) is 5.02 Å². The number of rotatable bonds is 5. The smallest absolute Gasteiger partial charge is 0.407 e. The van der Waals surface area contributed by atoms with E-state index in [4.69, 9.17) is 26.6 Å². The highest BCUT2D eigenvalue weighted by molar-refractivity contribution is 6.30. The third-order valence-corrected chi connectivity index (χ3v) is 5.92. The lowest BCUT2D eigenvalue weighted by atomic mass is 9.91. The Balaban J connectivity index is 1.48. The molecule has 4 atom stereocenters. The van der Waals surface area contributed by atoms with Crippen LogP contribution in [-0.4, -0.2) is 45.9 Å². The van der Waals surface area contributed by atoms with E-state index >= 15 is 0 Å². The van der Waals surface area contributed by atoms with Gasteiger partial charge in [-0.2, -0.15) is 0 Å². The van der Waals surface area contributed by atoms with Crippen LogP contribution >= 0.6 is 11.6 Å². The van der Waals surface area contributed by atoms with E-state index < -0.39 is 17.8 Å². The van der Waals surface area contributed by atoms with Gasteiger partial charge in [0, 0.05) is 30.1 Å². The zero-order chi connectivity index (χ0) is 20.7. The van der Waals surface area contributed by atoms with Crippen LogP contribution in [0.3, 0.4) is 0 Å². The first-order chi connectivity index (χ1) is 13.8. The van der Waals surface area contributed by atoms with Gasteiger partial charge in [0.05, 0.1) is 6.10 Å². The lowest BCUT2D eigenvalue weighted by Crippen LogP contribution is -2.39. The van der Waals surface area contributed by atoms with Crippen LogP contribution < -0.4 is 10.5 Å². The molecule has 29 heavy (non-hydrogen) atoms. The number of hydrogen-bond acceptors (Lipinski definition) is 5. The minimum Gasteiger partial charge on any atom is -0.487 e. The molecule has 154 valence electrons. The summed E-state index contributed by atoms with van der Waals surface area (Å²) in [5.74, 6) is -0.600. The van der Waals surface area contributed by atoms with Gasteiger partial charge in [-0.25, -0.2) is 9.18 Å². The van der Waals surface area contributed by atoms with Crippen LogP contribution in [0.4, 0.5) is 9.18 Å². The van der Waals surface area contributed by atoms with Gasteiger partial charge in [0.25, 0.3) is 5.91 Å². The van der Waals surface area contributed by atoms with Crippen LogP contribution in [-0.2, 0) is 6.42 Å². The Kier molecular flexibility index (Phi) is 5.08. The molecule has 1 aromatic carbocycles. The van der Waals surface area contributed by atoms with E-state index in [9.17, 15) is 19.1 Å². The van der Waals surface area contributed by atoms with Crippen molar-refractivity contribution in [1.82, 2.24) is 10.1 Å². The fourth-order valence-corrected chi connectivity index (χ4v) is 4.62. The zero-order valence-electron chi connectivity index (χ0n) is 15.3. The highest BCUT2D eigenvalue weighted by Gasteiger charge is 2.50. The molecular formula is C19H19ClFN3O5. The van der Waals surface area contributed by atoms with E-state index in [1.54, 1.807) is 6.07 Å². The number of carboxylic acid groups (broad SMARTS) is 1. The fourth-order valence-electron chi connectivity index (χ4n) is 4.46. The summed E-state index contributed by atoms with van der Waals surface area (Å²) in [4.78, 5) is 24.3. The lowest BCUT2D eigenvalue weighted by molar-refractivity contribution is 0.0991. The van der Waals surface area contributed by atoms with Crippen molar-refractivity contribution < 1.29 is 28.3 Å². The second-order valence-corrected chi connectivity index (χ2v) is 7.90. The molecule has 2 amide bonds. The summed E-state index contributed by atoms with van der Waals surface area (Å²) in [5, 5.41) is 13.5. The fraction of sp³-hybridized carbons (Fsp3) is 0.421. The number of likely N-dealkylation sites (tertiary alicyclic amines) is 1. The first-order valence-electron chi connectivity index (χ1n) is 9.18. The van der Waals surface area contributed by atoms with E-state index in [1.165, 1.54) is 23.1 Å². The maximum atomic E-state index is 14.0. The van der Waals surface area contributed by atoms with E-state index in [0.717, 1.165) is 0 Å². The van der Waals surface area contributed by atoms with Crippen molar-refractivity contribution in [1.29, 1.82) is 0 Å². The minimum absolute atomic E-state index is 0.00210. The van der Waals surface area contributed by atoms with E-state index in [1.807, 2.05) is 0 Å². The molecule has 10 heteroatoms. The Morgan fingerprint density at radius 3 is 2.83 bits per heavy atom. The third kappa shape index (κ3) is 3.87. The number of ether oxygens (including phenoxy) is 1. The van der Waals surface area contributed by atoms with Crippen LogP contribution in [0.15, 0.2) is 28.8 Å². The number of halogens is 2. The summed E-state index contributed by atoms with van der Waals surface area (Å²) in [5.41, 5.74) is 5.19. The van der Waals surface area contributed by atoms with Gasteiger partial charge in [0.1, 0.15) is 5.76 Å². The van der Waals surface area contributed by atoms with Crippen molar-refractivity contribution in [3.8, 4) is 5.75 Å². The number of benzene rings is 1. The molecule has 1 unspecified atom stereocenters. The molecule has 1 aromatic heterocycles. The molecule has 2 fully saturated rings. The standard InChI is InChI=1S/C19H19ClFN3O5/c20-10-1-2-17(14(21)4-10)28-11-3-9-8-24(19(26)27)16(13(9)5-11)7-12-6-15(18(22)25)23-29-12/h1-2,4,6,9,11,13,16H,3,5,7-8H2,(H2,22,25)(H,26,27)/t9-,11-,13-,16?/m0/s1. The molecule has 0 bridgehead atoms. The van der Waals surface area contributed by atoms with Gasteiger partial charge in [-0.15, -0.1) is 0 Å². The number of aromatic nitrogens is 1. The van der Waals surface area contributed by atoms with Gasteiger partial charge in [-0.05, 0) is 42.9 Å². The van der Waals surface area contributed by atoms with Crippen molar-refractivity contribution in [2.75, 3.05) is 6.54 Å². The molecule has 1 saturated heterocycles. The second kappa shape index (κ2) is 7.55. The SMILES string of the molecule is NC(=O)c1cc(CC2[C@H]3C[C@@H](Oc4ccc(Cl)cc4F)C[C@H]3CN2C(=O)O)on1. The van der Waals surface area contributed by atoms with Gasteiger partial charge in [0.15, 0.2) is 17.3 Å². The highest BCUT2D eigenvalue weighted by Crippen LogP contribution is 2.45. The first-order valence-corrected chi connectivity index (χ1v) is 9.56. The number of fused-ring (bicyclic) bond motifs is 1. The van der Waals surface area contributed by atoms with Crippen molar-refractivity contribution in [3.63, 3.8) is 0 Å². The summed E-state index contributed by atoms with van der Waals surface area (Å²) in [6.07, 6.45) is 0.235. The van der Waals surface area contributed by atoms with Crippen molar-refractivity contribution >= 4 is 23.6 Å². The average Bonchev–Trinajstić information content (AvgIpc) is 3.33. The number of amides is 2. The Hall–Kier alpha value is -2.81. The quantitative estimate of drug-likeness (QED) is 0.763. The largest absolute Gasteiger partial charge is 0.487 e. The van der Waals surface area contributed by atoms with Gasteiger partial charge < -0.3 is 25.0 Å². The lowest BCUT2D eigenvalue weighted by Gasteiger charge is -2.25. The number of carbonyl (C=O) groups excluding carboxylic acids is 1. The molecule has 0 radical (unpaired) electrons. The monoisotopic (exact) mass is 423 g/mol. The molecule has 2 aromatic rings. The molecule has 1 saturated carbocycles. The van der Waals surface area contributed by atoms with E-state index in [-0.39, 0.29) is 46.9 Å². The average molecular weight is 424 g/mol. The number of hydrogen-bond donors (Lipinski definition) is 2. The minimum atomic E-state index is -1.01. The van der Waals surface area contributed by atoms with Gasteiger partial charge >= 0.3 is 6.09 Å². The normalized spacial score (nSPS) is 25.8. The van der Waals surface area contributed by atoms with Crippen LogP contribution in [0.5, 0.6) is 5.75 Å². The summed E-state index contributed by atoms with van der Waals surface area (Å²) in [6.45, 7) is 0.366. The van der Waals surface area contributed by atoms with Crippen LogP contribution in [0.1, 0.15) is 29.1 Å². The van der Waals surface area contributed by atoms with Crippen LogP contribution in [0, 0.1) is 17.7 Å². The number of primary amides is 1. The first kappa shape index (κ1) is 19.5. The van der Waals surface area contributed by atoms with Gasteiger partial charge in [0.2, 0.25) is 0 Å². The molecule has 2 aliphatic rings. The van der Waals surface area contributed by atoms with Crippen molar-refractivity contribution in [3.05, 3.63) is 46.6 Å². The molecule has 1 aliphatic carbocycles. The molecule has 3 N–H and O–H groups in total. The molecular weight excluding hydrogens is 405 g/mol. The molecule has 2 heterocycles. The van der Waals surface area contributed by atoms with E-state index in [0.29, 0.717) is 25.1 Å². The predicted octanol–water partition coefficient (Wildman–Crippen LogP) is 2.94. The van der Waals surface area contributed by atoms with Gasteiger partial charge in [-0.3, -0.25) is 4.79 Å². The number of nitrogens with zero attached hydrogens (tertiary/aromatic N) is 2. The summed E-state index contributed by atoms with van der Waals surface area (Å²) < 4.78 is 25.0. The Bertz CT molecular complexity index is 952. The molecule has 1 aliphatic heterocycles. The van der Waals surface area contributed by atoms with E-state index in [2.05, 4.69) is 5.16 Å². The molecule has 0 spiro atoms. The topological polar surface area (TPSA) is 119 Å². The van der Waals surface area contributed by atoms with Crippen molar-refractivity contribution in [2.24, 2.45) is 17.6 Å². The number of carbonyl (C=O) groups is 2.